The average Bonchev–Trinajstić information content (AvgIpc) is 3.40. The number of aryl methyl sites for hydroxylation is 3. The lowest BCUT2D eigenvalue weighted by Crippen LogP contribution is -2.48. The fourth-order valence-corrected chi connectivity index (χ4v) is 7.89. The summed E-state index contributed by atoms with van der Waals surface area (Å²) in [6, 6.07) is 6.52. The van der Waals surface area contributed by atoms with Crippen LogP contribution >= 0.6 is 0 Å². The lowest BCUT2D eigenvalue weighted by molar-refractivity contribution is 0.0525. The fourth-order valence-electron chi connectivity index (χ4n) is 5.53. The Morgan fingerprint density at radius 2 is 1.84 bits per heavy atom. The third-order valence-electron chi connectivity index (χ3n) is 9.38. The van der Waals surface area contributed by atoms with Gasteiger partial charge in [-0.05, 0) is 99.3 Å². The Hall–Kier alpha value is -2.86. The summed E-state index contributed by atoms with van der Waals surface area (Å²) in [5.41, 5.74) is 10.4. The van der Waals surface area contributed by atoms with Crippen LogP contribution in [0, 0.1) is 26.7 Å². The molecule has 2 aromatic heterocycles. The normalized spacial score (nSPS) is 15.3. The number of esters is 1. The van der Waals surface area contributed by atoms with Crippen molar-refractivity contribution in [1.29, 1.82) is 0 Å². The quantitative estimate of drug-likeness (QED) is 0.227. The molecule has 0 unspecified atom stereocenters. The maximum Gasteiger partial charge on any atom is 0.340 e. The average molecular weight is 533 g/mol. The summed E-state index contributed by atoms with van der Waals surface area (Å²) in [5.74, 6) is 0.817. The van der Waals surface area contributed by atoms with Crippen molar-refractivity contribution in [2.45, 2.75) is 93.3 Å². The molecule has 3 aromatic rings. The van der Waals surface area contributed by atoms with Crippen LogP contribution in [0.2, 0.25) is 18.1 Å². The zero-order chi connectivity index (χ0) is 28.2. The lowest BCUT2D eigenvalue weighted by atomic mass is 9.93. The minimum atomic E-state index is -2.36. The summed E-state index contributed by atoms with van der Waals surface area (Å²) < 4.78 is 14.8. The second kappa shape index (κ2) is 10.0. The maximum absolute atomic E-state index is 13.5. The van der Waals surface area contributed by atoms with Crippen LogP contribution in [0.25, 0.3) is 16.8 Å². The van der Waals surface area contributed by atoms with Crippen molar-refractivity contribution in [1.82, 2.24) is 9.38 Å². The molecular weight excluding hydrogens is 488 g/mol. The number of pyridine rings is 1. The number of fused-ring (bicyclic) bond motifs is 2. The Kier molecular flexibility index (Phi) is 7.43. The van der Waals surface area contributed by atoms with Crippen molar-refractivity contribution in [3.63, 3.8) is 0 Å². The molecule has 0 saturated carbocycles. The second-order valence-corrected chi connectivity index (χ2v) is 16.7. The SMILES string of the molecule is CCOC(=O)c1cn2c(C)c(C)nc2c(O[Si](C)(C)C(C)(C)C(C)C)c1C(C)=C1CCc2c(C)cccc21. The second-order valence-electron chi connectivity index (χ2n) is 12.1. The van der Waals surface area contributed by atoms with E-state index < -0.39 is 8.32 Å². The maximum atomic E-state index is 13.5. The van der Waals surface area contributed by atoms with Crippen LogP contribution in [0.4, 0.5) is 0 Å². The van der Waals surface area contributed by atoms with E-state index in [9.17, 15) is 4.79 Å². The third-order valence-corrected chi connectivity index (χ3v) is 13.8. The minimum Gasteiger partial charge on any atom is -0.541 e. The van der Waals surface area contributed by atoms with Gasteiger partial charge in [0.25, 0.3) is 8.32 Å². The predicted octanol–water partition coefficient (Wildman–Crippen LogP) is 8.33. The van der Waals surface area contributed by atoms with Crippen LogP contribution in [0.1, 0.15) is 92.0 Å². The highest BCUT2D eigenvalue weighted by atomic mass is 28.4. The highest BCUT2D eigenvalue weighted by Crippen LogP contribution is 2.48. The number of hydrogen-bond acceptors (Lipinski definition) is 4. The van der Waals surface area contributed by atoms with Gasteiger partial charge in [0.05, 0.1) is 17.9 Å². The largest absolute Gasteiger partial charge is 0.541 e. The van der Waals surface area contributed by atoms with Gasteiger partial charge in [-0.25, -0.2) is 9.78 Å². The molecule has 0 aliphatic heterocycles. The van der Waals surface area contributed by atoms with Gasteiger partial charge in [0.15, 0.2) is 11.4 Å². The highest BCUT2D eigenvalue weighted by Gasteiger charge is 2.46. The molecule has 0 spiro atoms. The first-order valence-electron chi connectivity index (χ1n) is 13.9. The van der Waals surface area contributed by atoms with Gasteiger partial charge in [-0.1, -0.05) is 45.9 Å². The molecule has 0 N–H and O–H groups in total. The van der Waals surface area contributed by atoms with E-state index in [1.54, 1.807) is 0 Å². The van der Waals surface area contributed by atoms with Crippen molar-refractivity contribution in [3.05, 3.63) is 63.6 Å². The first-order chi connectivity index (χ1) is 17.7. The van der Waals surface area contributed by atoms with E-state index in [0.717, 1.165) is 41.0 Å². The summed E-state index contributed by atoms with van der Waals surface area (Å²) in [6.07, 6.45) is 3.84. The van der Waals surface area contributed by atoms with Crippen LogP contribution in [-0.2, 0) is 11.2 Å². The monoisotopic (exact) mass is 532 g/mol. The fraction of sp³-hybridized carbons (Fsp3) is 0.500. The van der Waals surface area contributed by atoms with Crippen LogP contribution in [0.3, 0.4) is 0 Å². The minimum absolute atomic E-state index is 0.0179. The summed E-state index contributed by atoms with van der Waals surface area (Å²) >= 11 is 0. The topological polar surface area (TPSA) is 52.8 Å². The van der Waals surface area contributed by atoms with Crippen molar-refractivity contribution in [2.75, 3.05) is 6.61 Å². The zero-order valence-corrected chi connectivity index (χ0v) is 26.1. The van der Waals surface area contributed by atoms with E-state index in [2.05, 4.69) is 72.8 Å². The smallest absolute Gasteiger partial charge is 0.340 e. The van der Waals surface area contributed by atoms with E-state index in [-0.39, 0.29) is 11.0 Å². The number of nitrogens with zero attached hydrogens (tertiary/aromatic N) is 2. The number of rotatable bonds is 7. The Bertz CT molecular complexity index is 1440. The molecule has 0 fully saturated rings. The van der Waals surface area contributed by atoms with Gasteiger partial charge in [0.1, 0.15) is 0 Å². The molecule has 1 aromatic carbocycles. The molecule has 4 rings (SSSR count). The highest BCUT2D eigenvalue weighted by molar-refractivity contribution is 6.75. The molecule has 1 aliphatic rings. The third kappa shape index (κ3) is 4.51. The Labute approximate surface area is 229 Å². The van der Waals surface area contributed by atoms with Crippen LogP contribution in [0.15, 0.2) is 24.4 Å². The van der Waals surface area contributed by atoms with Crippen molar-refractivity contribution >= 4 is 31.1 Å². The van der Waals surface area contributed by atoms with Gasteiger partial charge in [-0.15, -0.1) is 0 Å². The summed E-state index contributed by atoms with van der Waals surface area (Å²) in [4.78, 5) is 18.5. The van der Waals surface area contributed by atoms with E-state index >= 15 is 0 Å². The lowest BCUT2D eigenvalue weighted by Gasteiger charge is -2.43. The van der Waals surface area contributed by atoms with Crippen molar-refractivity contribution < 1.29 is 14.0 Å². The molecule has 204 valence electrons. The molecule has 0 bridgehead atoms. The number of allylic oxidation sites excluding steroid dienone is 2. The summed E-state index contributed by atoms with van der Waals surface area (Å²) in [6.45, 7) is 24.2. The molecule has 38 heavy (non-hydrogen) atoms. The van der Waals surface area contributed by atoms with Crippen LogP contribution < -0.4 is 4.43 Å². The molecule has 0 amide bonds. The number of benzene rings is 1. The van der Waals surface area contributed by atoms with Crippen LogP contribution in [-0.4, -0.2) is 30.3 Å². The molecule has 1 aliphatic carbocycles. The number of ether oxygens (including phenoxy) is 1. The Morgan fingerprint density at radius 3 is 2.47 bits per heavy atom. The molecule has 0 atom stereocenters. The Morgan fingerprint density at radius 1 is 1.16 bits per heavy atom. The van der Waals surface area contributed by atoms with Gasteiger partial charge >= 0.3 is 5.97 Å². The van der Waals surface area contributed by atoms with Crippen LogP contribution in [0.5, 0.6) is 5.75 Å². The summed E-state index contributed by atoms with van der Waals surface area (Å²) in [7, 11) is -2.36. The van der Waals surface area contributed by atoms with Gasteiger partial charge in [0.2, 0.25) is 0 Å². The van der Waals surface area contributed by atoms with E-state index in [1.807, 2.05) is 31.4 Å². The zero-order valence-electron chi connectivity index (χ0n) is 25.1. The Balaban J connectivity index is 2.10. The van der Waals surface area contributed by atoms with E-state index in [1.165, 1.54) is 22.3 Å². The molecular formula is C32H44N2O3Si. The standard InChI is InChI=1S/C32H44N2O3Si/c1-12-36-31(35)27-18-34-23(7)22(6)33-30(34)29(37-38(10,11)32(8,9)19(2)3)28(27)21(5)25-17-16-24-20(4)14-13-15-26(24)25/h13-15,18-19H,12,16-17H2,1-11H3. The van der Waals surface area contributed by atoms with Gasteiger partial charge in [-0.3, -0.25) is 0 Å². The summed E-state index contributed by atoms with van der Waals surface area (Å²) in [5, 5.41) is -0.0179. The molecule has 0 radical (unpaired) electrons. The number of imidazole rings is 1. The van der Waals surface area contributed by atoms with Gasteiger partial charge in [-0.2, -0.15) is 0 Å². The van der Waals surface area contributed by atoms with Crippen molar-refractivity contribution in [3.8, 4) is 5.75 Å². The molecule has 0 saturated heterocycles. The molecule has 6 heteroatoms. The first-order valence-corrected chi connectivity index (χ1v) is 16.8. The van der Waals surface area contributed by atoms with Crippen molar-refractivity contribution in [2.24, 2.45) is 5.92 Å². The predicted molar refractivity (Wildman–Crippen MR) is 160 cm³/mol. The number of aromatic nitrogens is 2. The molecule has 2 heterocycles. The number of hydrogen-bond donors (Lipinski definition) is 0. The first kappa shape index (κ1) is 28.2. The number of carbonyl (C=O) groups is 1. The molecule has 5 nitrogen and oxygen atoms in total. The van der Waals surface area contributed by atoms with Gasteiger partial charge in [0, 0.05) is 17.5 Å². The number of carbonyl (C=O) groups excluding carboxylic acids is 1. The van der Waals surface area contributed by atoms with E-state index in [4.69, 9.17) is 14.1 Å². The van der Waals surface area contributed by atoms with E-state index in [0.29, 0.717) is 23.8 Å². The van der Waals surface area contributed by atoms with Gasteiger partial charge < -0.3 is 13.6 Å².